The van der Waals surface area contributed by atoms with Gasteiger partial charge >= 0.3 is 0 Å². The third kappa shape index (κ3) is 3.47. The van der Waals surface area contributed by atoms with E-state index in [9.17, 15) is 4.39 Å². The second-order valence-corrected chi connectivity index (χ2v) is 3.97. The molecule has 0 aliphatic carbocycles. The van der Waals surface area contributed by atoms with Crippen molar-refractivity contribution in [2.24, 2.45) is 0 Å². The number of nitrogens with one attached hydrogen (secondary N) is 1. The standard InChI is InChI=1S/C12H17ClFN/c1-3-5-12(15-4-2)10-7-6-9(14)8-11(10)13/h6-8,12,15H,3-5H2,1-2H3. The molecule has 0 amide bonds. The third-order valence-electron chi connectivity index (χ3n) is 2.37. The van der Waals surface area contributed by atoms with Crippen LogP contribution in [-0.4, -0.2) is 6.54 Å². The first-order valence-electron chi connectivity index (χ1n) is 5.37. The molecule has 0 aromatic heterocycles. The minimum atomic E-state index is -0.282. The predicted molar refractivity (Wildman–Crippen MR) is 62.7 cm³/mol. The van der Waals surface area contributed by atoms with Crippen LogP contribution in [-0.2, 0) is 0 Å². The van der Waals surface area contributed by atoms with Crippen LogP contribution in [0.1, 0.15) is 38.3 Å². The number of rotatable bonds is 5. The lowest BCUT2D eigenvalue weighted by molar-refractivity contribution is 0.508. The summed E-state index contributed by atoms with van der Waals surface area (Å²) in [6, 6.07) is 4.83. The van der Waals surface area contributed by atoms with Crippen LogP contribution in [0.5, 0.6) is 0 Å². The fraction of sp³-hybridized carbons (Fsp3) is 0.500. The molecule has 0 heterocycles. The maximum atomic E-state index is 12.9. The van der Waals surface area contributed by atoms with E-state index in [1.807, 2.05) is 0 Å². The first kappa shape index (κ1) is 12.5. The van der Waals surface area contributed by atoms with Crippen molar-refractivity contribution in [2.45, 2.75) is 32.7 Å². The average molecular weight is 230 g/mol. The summed E-state index contributed by atoms with van der Waals surface area (Å²) in [6.45, 7) is 5.07. The van der Waals surface area contributed by atoms with E-state index in [1.54, 1.807) is 6.07 Å². The summed E-state index contributed by atoms with van der Waals surface area (Å²) in [5, 5.41) is 3.86. The second-order valence-electron chi connectivity index (χ2n) is 3.56. The van der Waals surface area contributed by atoms with Gasteiger partial charge in [-0.2, -0.15) is 0 Å². The highest BCUT2D eigenvalue weighted by atomic mass is 35.5. The lowest BCUT2D eigenvalue weighted by Gasteiger charge is -2.18. The van der Waals surface area contributed by atoms with E-state index in [0.29, 0.717) is 5.02 Å². The molecule has 0 spiro atoms. The van der Waals surface area contributed by atoms with E-state index in [4.69, 9.17) is 11.6 Å². The summed E-state index contributed by atoms with van der Waals surface area (Å²) in [7, 11) is 0. The van der Waals surface area contributed by atoms with Gasteiger partial charge in [0.1, 0.15) is 5.82 Å². The van der Waals surface area contributed by atoms with Gasteiger partial charge in [0.2, 0.25) is 0 Å². The SMILES string of the molecule is CCCC(NCC)c1ccc(F)cc1Cl. The van der Waals surface area contributed by atoms with Crippen LogP contribution in [0.3, 0.4) is 0 Å². The lowest BCUT2D eigenvalue weighted by atomic mass is 10.0. The van der Waals surface area contributed by atoms with E-state index < -0.39 is 0 Å². The molecule has 1 N–H and O–H groups in total. The molecular weight excluding hydrogens is 213 g/mol. The third-order valence-corrected chi connectivity index (χ3v) is 2.69. The summed E-state index contributed by atoms with van der Waals surface area (Å²) in [5.41, 5.74) is 0.988. The van der Waals surface area contributed by atoms with Crippen molar-refractivity contribution in [1.82, 2.24) is 5.32 Å². The second kappa shape index (κ2) is 6.09. The highest BCUT2D eigenvalue weighted by Crippen LogP contribution is 2.26. The van der Waals surface area contributed by atoms with Crippen LogP contribution < -0.4 is 5.32 Å². The maximum absolute atomic E-state index is 12.9. The summed E-state index contributed by atoms with van der Waals surface area (Å²) in [5.74, 6) is -0.282. The van der Waals surface area contributed by atoms with E-state index in [-0.39, 0.29) is 11.9 Å². The number of halogens is 2. The Kier molecular flexibility index (Phi) is 5.06. The topological polar surface area (TPSA) is 12.0 Å². The number of hydrogen-bond acceptors (Lipinski definition) is 1. The van der Waals surface area contributed by atoms with Gasteiger partial charge in [-0.1, -0.05) is 37.9 Å². The molecule has 1 aromatic carbocycles. The molecule has 0 radical (unpaired) electrons. The predicted octanol–water partition coefficient (Wildman–Crippen LogP) is 3.93. The van der Waals surface area contributed by atoms with Crippen LogP contribution in [0, 0.1) is 5.82 Å². The molecule has 0 saturated heterocycles. The van der Waals surface area contributed by atoms with Gasteiger partial charge in [0, 0.05) is 11.1 Å². The quantitative estimate of drug-likeness (QED) is 0.807. The smallest absolute Gasteiger partial charge is 0.124 e. The Morgan fingerprint density at radius 1 is 1.40 bits per heavy atom. The Morgan fingerprint density at radius 2 is 2.13 bits per heavy atom. The van der Waals surface area contributed by atoms with Crippen LogP contribution in [0.15, 0.2) is 18.2 Å². The fourth-order valence-corrected chi connectivity index (χ4v) is 1.99. The highest BCUT2D eigenvalue weighted by Gasteiger charge is 2.12. The zero-order valence-electron chi connectivity index (χ0n) is 9.19. The Balaban J connectivity index is 2.89. The van der Waals surface area contributed by atoms with E-state index in [1.165, 1.54) is 12.1 Å². The van der Waals surface area contributed by atoms with Crippen LogP contribution in [0.25, 0.3) is 0 Å². The molecule has 0 bridgehead atoms. The molecule has 84 valence electrons. The van der Waals surface area contributed by atoms with Crippen LogP contribution in [0.2, 0.25) is 5.02 Å². The minimum Gasteiger partial charge on any atom is -0.310 e. The van der Waals surface area contributed by atoms with Gasteiger partial charge in [0.25, 0.3) is 0 Å². The highest BCUT2D eigenvalue weighted by molar-refractivity contribution is 6.31. The molecule has 0 fully saturated rings. The largest absolute Gasteiger partial charge is 0.310 e. The monoisotopic (exact) mass is 229 g/mol. The Morgan fingerprint density at radius 3 is 2.67 bits per heavy atom. The van der Waals surface area contributed by atoms with Gasteiger partial charge in [-0.3, -0.25) is 0 Å². The van der Waals surface area contributed by atoms with Gasteiger partial charge in [0.05, 0.1) is 0 Å². The average Bonchev–Trinajstić information content (AvgIpc) is 2.17. The summed E-state index contributed by atoms with van der Waals surface area (Å²) in [6.07, 6.45) is 2.09. The summed E-state index contributed by atoms with van der Waals surface area (Å²) >= 11 is 6.02. The summed E-state index contributed by atoms with van der Waals surface area (Å²) in [4.78, 5) is 0. The normalized spacial score (nSPS) is 12.8. The Hall–Kier alpha value is -0.600. The van der Waals surface area contributed by atoms with E-state index in [2.05, 4.69) is 19.2 Å². The Labute approximate surface area is 95.6 Å². The Bertz CT molecular complexity index is 308. The van der Waals surface area contributed by atoms with Crippen LogP contribution >= 0.6 is 11.6 Å². The zero-order valence-corrected chi connectivity index (χ0v) is 9.94. The molecule has 0 aliphatic rings. The first-order chi connectivity index (χ1) is 7.19. The minimum absolute atomic E-state index is 0.230. The molecule has 0 aliphatic heterocycles. The van der Waals surface area contributed by atoms with Gasteiger partial charge < -0.3 is 5.32 Å². The van der Waals surface area contributed by atoms with Gasteiger partial charge in [-0.15, -0.1) is 0 Å². The number of benzene rings is 1. The molecule has 1 nitrogen and oxygen atoms in total. The molecular formula is C12H17ClFN. The number of hydrogen-bond donors (Lipinski definition) is 1. The van der Waals surface area contributed by atoms with Crippen molar-refractivity contribution in [2.75, 3.05) is 6.54 Å². The van der Waals surface area contributed by atoms with E-state index >= 15 is 0 Å². The maximum Gasteiger partial charge on any atom is 0.124 e. The van der Waals surface area contributed by atoms with Crippen molar-refractivity contribution in [3.63, 3.8) is 0 Å². The molecule has 3 heteroatoms. The van der Waals surface area contributed by atoms with Crippen molar-refractivity contribution >= 4 is 11.6 Å². The lowest BCUT2D eigenvalue weighted by Crippen LogP contribution is -2.21. The van der Waals surface area contributed by atoms with Gasteiger partial charge in [0.15, 0.2) is 0 Å². The fourth-order valence-electron chi connectivity index (χ4n) is 1.69. The molecule has 1 unspecified atom stereocenters. The first-order valence-corrected chi connectivity index (χ1v) is 5.75. The van der Waals surface area contributed by atoms with Crippen molar-refractivity contribution in [3.8, 4) is 0 Å². The molecule has 1 aromatic rings. The van der Waals surface area contributed by atoms with Gasteiger partial charge in [-0.25, -0.2) is 4.39 Å². The van der Waals surface area contributed by atoms with Gasteiger partial charge in [-0.05, 0) is 30.7 Å². The molecule has 1 rings (SSSR count). The van der Waals surface area contributed by atoms with Crippen molar-refractivity contribution < 1.29 is 4.39 Å². The molecule has 1 atom stereocenters. The van der Waals surface area contributed by atoms with Crippen LogP contribution in [0.4, 0.5) is 4.39 Å². The van der Waals surface area contributed by atoms with Crippen molar-refractivity contribution in [1.29, 1.82) is 0 Å². The van der Waals surface area contributed by atoms with Crippen molar-refractivity contribution in [3.05, 3.63) is 34.6 Å². The van der Waals surface area contributed by atoms with E-state index in [0.717, 1.165) is 24.9 Å². The molecule has 15 heavy (non-hydrogen) atoms. The zero-order chi connectivity index (χ0) is 11.3. The summed E-state index contributed by atoms with van der Waals surface area (Å²) < 4.78 is 12.9. The molecule has 0 saturated carbocycles.